The van der Waals surface area contributed by atoms with Crippen molar-refractivity contribution in [3.8, 4) is 5.75 Å². The maximum absolute atomic E-state index is 12.9. The molecule has 1 aliphatic rings. The zero-order valence-electron chi connectivity index (χ0n) is 18.7. The summed E-state index contributed by atoms with van der Waals surface area (Å²) in [6, 6.07) is 15.3. The Bertz CT molecular complexity index is 907. The second-order valence-corrected chi connectivity index (χ2v) is 7.97. The number of carbonyl (C=O) groups is 3. The Morgan fingerprint density at radius 2 is 1.66 bits per heavy atom. The van der Waals surface area contributed by atoms with Crippen LogP contribution in [0.5, 0.6) is 5.75 Å². The molecule has 2 aromatic rings. The van der Waals surface area contributed by atoms with Crippen molar-refractivity contribution in [3.05, 3.63) is 65.7 Å². The molecule has 7 nitrogen and oxygen atoms in total. The molecule has 0 aliphatic carbocycles. The first-order chi connectivity index (χ1) is 15.5. The number of likely N-dealkylation sites (tertiary alicyclic amines) is 1. The Morgan fingerprint density at radius 1 is 1.00 bits per heavy atom. The summed E-state index contributed by atoms with van der Waals surface area (Å²) in [5, 5.41) is 5.84. The number of ether oxygens (including phenoxy) is 1. The maximum Gasteiger partial charge on any atom is 0.253 e. The SMILES string of the molecule is CCCNC(=O)C(NC(=O)c1ccc(OC)cc1)C1CCN(C(=O)c2ccccc2)CC1. The fourth-order valence-electron chi connectivity index (χ4n) is 3.92. The van der Waals surface area contributed by atoms with E-state index in [-0.39, 0.29) is 23.6 Å². The molecule has 2 N–H and O–H groups in total. The first kappa shape index (κ1) is 23.3. The Labute approximate surface area is 189 Å². The molecular weight excluding hydrogens is 406 g/mol. The molecule has 1 aliphatic heterocycles. The molecule has 3 amide bonds. The van der Waals surface area contributed by atoms with Crippen molar-refractivity contribution in [2.45, 2.75) is 32.2 Å². The van der Waals surface area contributed by atoms with E-state index in [4.69, 9.17) is 4.74 Å². The van der Waals surface area contributed by atoms with Gasteiger partial charge < -0.3 is 20.3 Å². The van der Waals surface area contributed by atoms with Crippen LogP contribution in [-0.4, -0.2) is 55.4 Å². The van der Waals surface area contributed by atoms with Gasteiger partial charge in [-0.15, -0.1) is 0 Å². The molecule has 0 radical (unpaired) electrons. The highest BCUT2D eigenvalue weighted by molar-refractivity contribution is 5.98. The molecule has 7 heteroatoms. The Balaban J connectivity index is 1.66. The third-order valence-corrected chi connectivity index (χ3v) is 5.79. The number of hydrogen-bond donors (Lipinski definition) is 2. The van der Waals surface area contributed by atoms with Gasteiger partial charge in [-0.2, -0.15) is 0 Å². The van der Waals surface area contributed by atoms with Gasteiger partial charge in [-0.1, -0.05) is 25.1 Å². The van der Waals surface area contributed by atoms with E-state index in [2.05, 4.69) is 10.6 Å². The lowest BCUT2D eigenvalue weighted by molar-refractivity contribution is -0.124. The molecule has 0 aromatic heterocycles. The van der Waals surface area contributed by atoms with Crippen LogP contribution in [0.1, 0.15) is 46.9 Å². The summed E-state index contributed by atoms with van der Waals surface area (Å²) in [6.07, 6.45) is 2.10. The second-order valence-electron chi connectivity index (χ2n) is 7.97. The molecule has 1 heterocycles. The fraction of sp³-hybridized carbons (Fsp3) is 0.400. The van der Waals surface area contributed by atoms with Crippen LogP contribution in [0, 0.1) is 5.92 Å². The smallest absolute Gasteiger partial charge is 0.253 e. The van der Waals surface area contributed by atoms with E-state index in [1.54, 1.807) is 31.4 Å². The van der Waals surface area contributed by atoms with Gasteiger partial charge >= 0.3 is 0 Å². The predicted octanol–water partition coefficient (Wildman–Crippen LogP) is 2.87. The number of nitrogens with zero attached hydrogens (tertiary/aromatic N) is 1. The number of carbonyl (C=O) groups excluding carboxylic acids is 3. The predicted molar refractivity (Wildman–Crippen MR) is 123 cm³/mol. The third-order valence-electron chi connectivity index (χ3n) is 5.79. The van der Waals surface area contributed by atoms with Crippen molar-refractivity contribution >= 4 is 17.7 Å². The molecule has 0 spiro atoms. The van der Waals surface area contributed by atoms with Gasteiger partial charge in [0.1, 0.15) is 11.8 Å². The molecule has 1 unspecified atom stereocenters. The van der Waals surface area contributed by atoms with Crippen molar-refractivity contribution in [3.63, 3.8) is 0 Å². The number of hydrogen-bond acceptors (Lipinski definition) is 4. The number of piperidine rings is 1. The van der Waals surface area contributed by atoms with E-state index in [0.29, 0.717) is 49.4 Å². The fourth-order valence-corrected chi connectivity index (χ4v) is 3.92. The zero-order valence-corrected chi connectivity index (χ0v) is 18.7. The largest absolute Gasteiger partial charge is 0.497 e. The van der Waals surface area contributed by atoms with Gasteiger partial charge in [-0.25, -0.2) is 0 Å². The van der Waals surface area contributed by atoms with Crippen LogP contribution < -0.4 is 15.4 Å². The van der Waals surface area contributed by atoms with Crippen molar-refractivity contribution in [2.24, 2.45) is 5.92 Å². The molecule has 0 bridgehead atoms. The van der Waals surface area contributed by atoms with E-state index in [1.807, 2.05) is 42.2 Å². The van der Waals surface area contributed by atoms with Crippen molar-refractivity contribution in [2.75, 3.05) is 26.7 Å². The van der Waals surface area contributed by atoms with Crippen LogP contribution in [-0.2, 0) is 4.79 Å². The molecular formula is C25H31N3O4. The molecule has 170 valence electrons. The zero-order chi connectivity index (χ0) is 22.9. The molecule has 3 rings (SSSR count). The van der Waals surface area contributed by atoms with Crippen molar-refractivity contribution < 1.29 is 19.1 Å². The standard InChI is InChI=1S/C25H31N3O4/c1-3-15-26-24(30)22(27-23(29)19-9-11-21(32-2)12-10-19)18-13-16-28(17-14-18)25(31)20-7-5-4-6-8-20/h4-12,18,22H,3,13-17H2,1-2H3,(H,26,30)(H,27,29). The topological polar surface area (TPSA) is 87.7 Å². The lowest BCUT2D eigenvalue weighted by atomic mass is 9.88. The van der Waals surface area contributed by atoms with Gasteiger partial charge in [0.05, 0.1) is 7.11 Å². The average Bonchev–Trinajstić information content (AvgIpc) is 2.86. The summed E-state index contributed by atoms with van der Waals surface area (Å²) in [4.78, 5) is 40.3. The third kappa shape index (κ3) is 5.87. The van der Waals surface area contributed by atoms with E-state index in [0.717, 1.165) is 6.42 Å². The second kappa shape index (κ2) is 11.3. The van der Waals surface area contributed by atoms with E-state index < -0.39 is 6.04 Å². The van der Waals surface area contributed by atoms with Crippen LogP contribution >= 0.6 is 0 Å². The van der Waals surface area contributed by atoms with Crippen molar-refractivity contribution in [1.82, 2.24) is 15.5 Å². The minimum absolute atomic E-state index is 0.00157. The quantitative estimate of drug-likeness (QED) is 0.665. The van der Waals surface area contributed by atoms with Crippen LogP contribution in [0.2, 0.25) is 0 Å². The van der Waals surface area contributed by atoms with E-state index >= 15 is 0 Å². The molecule has 32 heavy (non-hydrogen) atoms. The number of benzene rings is 2. The molecule has 0 saturated carbocycles. The Hall–Kier alpha value is -3.35. The lowest BCUT2D eigenvalue weighted by Crippen LogP contribution is -2.54. The molecule has 2 aromatic carbocycles. The number of amides is 3. The van der Waals surface area contributed by atoms with Gasteiger partial charge in [-0.05, 0) is 61.6 Å². The highest BCUT2D eigenvalue weighted by Crippen LogP contribution is 2.23. The van der Waals surface area contributed by atoms with Crippen LogP contribution in [0.3, 0.4) is 0 Å². The summed E-state index contributed by atoms with van der Waals surface area (Å²) in [6.45, 7) is 3.64. The summed E-state index contributed by atoms with van der Waals surface area (Å²) >= 11 is 0. The maximum atomic E-state index is 12.9. The van der Waals surface area contributed by atoms with Crippen LogP contribution in [0.4, 0.5) is 0 Å². The number of methoxy groups -OCH3 is 1. The summed E-state index contributed by atoms with van der Waals surface area (Å²) in [5.74, 6) is 0.134. The van der Waals surface area contributed by atoms with E-state index in [9.17, 15) is 14.4 Å². The van der Waals surface area contributed by atoms with Crippen LogP contribution in [0.25, 0.3) is 0 Å². The number of nitrogens with one attached hydrogen (secondary N) is 2. The van der Waals surface area contributed by atoms with Gasteiger partial charge in [0, 0.05) is 30.8 Å². The Morgan fingerprint density at radius 3 is 2.25 bits per heavy atom. The summed E-state index contributed by atoms with van der Waals surface area (Å²) in [5.41, 5.74) is 1.13. The first-order valence-corrected chi connectivity index (χ1v) is 11.1. The normalized spacial score (nSPS) is 15.0. The monoisotopic (exact) mass is 437 g/mol. The summed E-state index contributed by atoms with van der Waals surface area (Å²) in [7, 11) is 1.57. The van der Waals surface area contributed by atoms with E-state index in [1.165, 1.54) is 0 Å². The Kier molecular flexibility index (Phi) is 8.25. The minimum Gasteiger partial charge on any atom is -0.497 e. The molecule has 1 saturated heterocycles. The highest BCUT2D eigenvalue weighted by Gasteiger charge is 2.34. The minimum atomic E-state index is -0.648. The molecule has 1 atom stereocenters. The average molecular weight is 438 g/mol. The van der Waals surface area contributed by atoms with Gasteiger partial charge in [-0.3, -0.25) is 14.4 Å². The van der Waals surface area contributed by atoms with Gasteiger partial charge in [0.15, 0.2) is 0 Å². The lowest BCUT2D eigenvalue weighted by Gasteiger charge is -2.36. The molecule has 1 fully saturated rings. The van der Waals surface area contributed by atoms with Gasteiger partial charge in [0.2, 0.25) is 5.91 Å². The van der Waals surface area contributed by atoms with Crippen molar-refractivity contribution in [1.29, 1.82) is 0 Å². The first-order valence-electron chi connectivity index (χ1n) is 11.1. The van der Waals surface area contributed by atoms with Gasteiger partial charge in [0.25, 0.3) is 11.8 Å². The highest BCUT2D eigenvalue weighted by atomic mass is 16.5. The summed E-state index contributed by atoms with van der Waals surface area (Å²) < 4.78 is 5.14. The number of rotatable bonds is 8. The van der Waals surface area contributed by atoms with Crippen LogP contribution in [0.15, 0.2) is 54.6 Å².